The number of hydrogen-bond acceptors (Lipinski definition) is 10. The van der Waals surface area contributed by atoms with Gasteiger partial charge in [0.15, 0.2) is 11.6 Å². The van der Waals surface area contributed by atoms with Gasteiger partial charge in [-0.15, -0.1) is 24.8 Å². The molecule has 0 heterocycles. The smallest absolute Gasteiger partial charge is 0.229 e. The molecule has 0 atom stereocenters. The Labute approximate surface area is 414 Å². The molecule has 0 unspecified atom stereocenters. The predicted octanol–water partition coefficient (Wildman–Crippen LogP) is 10.1. The second kappa shape index (κ2) is 27.3. The van der Waals surface area contributed by atoms with Crippen molar-refractivity contribution >= 4 is 67.8 Å². The van der Waals surface area contributed by atoms with Crippen molar-refractivity contribution in [3.63, 3.8) is 0 Å². The van der Waals surface area contributed by atoms with E-state index in [0.29, 0.717) is 48.8 Å². The molecule has 0 aliphatic heterocycles. The molecule has 6 rings (SSSR count). The van der Waals surface area contributed by atoms with Gasteiger partial charge in [0.25, 0.3) is 0 Å². The van der Waals surface area contributed by atoms with E-state index in [-0.39, 0.29) is 74.1 Å². The molecule has 0 spiro atoms. The van der Waals surface area contributed by atoms with E-state index in [0.717, 1.165) is 60.4 Å². The zero-order chi connectivity index (χ0) is 46.8. The van der Waals surface area contributed by atoms with Crippen molar-refractivity contribution in [3.05, 3.63) is 191 Å². The van der Waals surface area contributed by atoms with E-state index in [1.807, 2.05) is 121 Å². The van der Waals surface area contributed by atoms with E-state index < -0.39 is 20.0 Å². The normalized spacial score (nSPS) is 11.3. The average Bonchev–Trinajstić information content (AvgIpc) is 3.29. The summed E-state index contributed by atoms with van der Waals surface area (Å²) in [4.78, 5) is 31.9. The molecule has 6 aromatic rings. The summed E-state index contributed by atoms with van der Waals surface area (Å²) in [6.45, 7) is 3.17. The largest absolute Gasteiger partial charge is 0.487 e. The van der Waals surface area contributed by atoms with Crippen LogP contribution >= 0.6 is 24.8 Å². The number of anilines is 2. The van der Waals surface area contributed by atoms with Gasteiger partial charge < -0.3 is 9.47 Å². The van der Waals surface area contributed by atoms with Crippen LogP contribution in [0.1, 0.15) is 68.7 Å². The summed E-state index contributed by atoms with van der Waals surface area (Å²) in [5, 5.41) is 0. The van der Waals surface area contributed by atoms with Gasteiger partial charge in [0.1, 0.15) is 24.7 Å². The Balaban J connectivity index is 0.00000504. The fourth-order valence-corrected chi connectivity index (χ4v) is 8.53. The summed E-state index contributed by atoms with van der Waals surface area (Å²) < 4.78 is 66.3. The van der Waals surface area contributed by atoms with Gasteiger partial charge in [-0.2, -0.15) is 0 Å². The Hall–Kier alpha value is -5.74. The van der Waals surface area contributed by atoms with E-state index in [2.05, 4.69) is 19.2 Å². The molecule has 0 bridgehead atoms. The topological polar surface area (TPSA) is 151 Å². The Kier molecular flexibility index (Phi) is 22.0. The van der Waals surface area contributed by atoms with E-state index in [9.17, 15) is 26.4 Å². The lowest BCUT2D eigenvalue weighted by molar-refractivity contribution is 0.0913. The number of carbonyl (C=O) groups excluding carboxylic acids is 2. The first-order valence-electron chi connectivity index (χ1n) is 21.9. The highest BCUT2D eigenvalue weighted by Crippen LogP contribution is 2.30. The minimum atomic E-state index is -3.66. The fraction of sp³-hybridized carbons (Fsp3) is 0.269. The first-order chi connectivity index (χ1) is 31.8. The number of rotatable bonds is 27. The summed E-state index contributed by atoms with van der Waals surface area (Å²) in [5.41, 5.74) is 5.13. The van der Waals surface area contributed by atoms with Crippen molar-refractivity contribution in [3.8, 4) is 11.5 Å². The number of nitrogens with zero attached hydrogens (tertiary/aromatic N) is 2. The van der Waals surface area contributed by atoms with Gasteiger partial charge in [0.05, 0.1) is 37.0 Å². The lowest BCUT2D eigenvalue weighted by atomic mass is 10.1. The van der Waals surface area contributed by atoms with Crippen molar-refractivity contribution < 1.29 is 35.9 Å². The second-order valence-corrected chi connectivity index (χ2v) is 19.9. The van der Waals surface area contributed by atoms with Crippen LogP contribution in [0.15, 0.2) is 158 Å². The predicted molar refractivity (Wildman–Crippen MR) is 276 cm³/mol. The molecular formula is C52H60Cl2N4O8S2. The number of carbonyl (C=O) groups is 2. The van der Waals surface area contributed by atoms with Gasteiger partial charge in [0.2, 0.25) is 20.0 Å². The quantitative estimate of drug-likeness (QED) is 0.0377. The molecule has 6 aromatic carbocycles. The maximum absolute atomic E-state index is 13.9. The van der Waals surface area contributed by atoms with Gasteiger partial charge in [-0.25, -0.2) is 16.8 Å². The SMILES string of the molecule is CS(=O)(=O)Nc1cc(C(=O)CN(CCCCCCN(CC(=O)c2ccc(OCc3ccccc3)c(NS(C)(=O)=O)c2)Cc2ccccc2)Cc2ccccc2)ccc1OCc1ccccc1.Cl.Cl. The van der Waals surface area contributed by atoms with Crippen LogP contribution < -0.4 is 18.9 Å². The van der Waals surface area contributed by atoms with Gasteiger partial charge in [-0.05, 0) is 84.6 Å². The maximum atomic E-state index is 13.9. The minimum absolute atomic E-state index is 0. The summed E-state index contributed by atoms with van der Waals surface area (Å²) >= 11 is 0. The van der Waals surface area contributed by atoms with Crippen LogP contribution in [0.25, 0.3) is 0 Å². The first kappa shape index (κ1) is 54.9. The molecule has 0 radical (unpaired) electrons. The van der Waals surface area contributed by atoms with Crippen LogP contribution in [0, 0.1) is 0 Å². The van der Waals surface area contributed by atoms with Gasteiger partial charge >= 0.3 is 0 Å². The van der Waals surface area contributed by atoms with Crippen molar-refractivity contribution in [1.82, 2.24) is 9.80 Å². The number of benzene rings is 6. The summed E-state index contributed by atoms with van der Waals surface area (Å²) in [5.74, 6) is 0.353. The van der Waals surface area contributed by atoms with E-state index in [1.54, 1.807) is 36.4 Å². The Bertz CT molecular complexity index is 2530. The van der Waals surface area contributed by atoms with Crippen molar-refractivity contribution in [2.24, 2.45) is 0 Å². The third kappa shape index (κ3) is 19.1. The van der Waals surface area contributed by atoms with Gasteiger partial charge in [-0.1, -0.05) is 134 Å². The summed E-state index contributed by atoms with van der Waals surface area (Å²) in [6, 6.07) is 48.7. The Morgan fingerprint density at radius 2 is 0.779 bits per heavy atom. The Morgan fingerprint density at radius 3 is 1.10 bits per heavy atom. The lowest BCUT2D eigenvalue weighted by Crippen LogP contribution is -2.31. The molecule has 0 fully saturated rings. The van der Waals surface area contributed by atoms with Crippen molar-refractivity contribution in [2.45, 2.75) is 52.0 Å². The second-order valence-electron chi connectivity index (χ2n) is 16.4. The molecule has 12 nitrogen and oxygen atoms in total. The van der Waals surface area contributed by atoms with Crippen LogP contribution in [0.5, 0.6) is 11.5 Å². The van der Waals surface area contributed by atoms with E-state index in [1.165, 1.54) is 0 Å². The molecule has 68 heavy (non-hydrogen) atoms. The third-order valence-corrected chi connectivity index (χ3v) is 11.8. The van der Waals surface area contributed by atoms with E-state index in [4.69, 9.17) is 9.47 Å². The van der Waals surface area contributed by atoms with Crippen LogP contribution in [-0.2, 0) is 46.3 Å². The van der Waals surface area contributed by atoms with Crippen LogP contribution in [0.4, 0.5) is 11.4 Å². The van der Waals surface area contributed by atoms with Gasteiger partial charge in [-0.3, -0.25) is 28.8 Å². The highest BCUT2D eigenvalue weighted by atomic mass is 35.5. The van der Waals surface area contributed by atoms with Crippen molar-refractivity contribution in [1.29, 1.82) is 0 Å². The van der Waals surface area contributed by atoms with E-state index >= 15 is 0 Å². The standard InChI is InChI=1S/C52H58N4O8S2.2ClH/c1-65(59,60)53-47-33-45(27-29-51(47)63-39-43-23-13-7-14-24-43)49(57)37-55(35-41-19-9-5-10-20-41)31-17-3-4-18-32-56(36-42-21-11-6-12-22-42)38-50(58)46-28-30-52(48(34-46)54-66(2,61)62)64-40-44-25-15-8-16-26-44;;/h5-16,19-30,33-34,53-54H,3-4,17-18,31-32,35-40H2,1-2H3;2*1H. The molecular weight excluding hydrogens is 944 g/mol. The van der Waals surface area contributed by atoms with Gasteiger partial charge in [0, 0.05) is 24.2 Å². The molecule has 362 valence electrons. The number of unbranched alkanes of at least 4 members (excludes halogenated alkanes) is 3. The molecule has 2 N–H and O–H groups in total. The number of ketones is 2. The third-order valence-electron chi connectivity index (χ3n) is 10.6. The van der Waals surface area contributed by atoms with Crippen LogP contribution in [0.2, 0.25) is 0 Å². The lowest BCUT2D eigenvalue weighted by Gasteiger charge is -2.23. The molecule has 0 saturated carbocycles. The van der Waals surface area contributed by atoms with Crippen molar-refractivity contribution in [2.75, 3.05) is 48.1 Å². The highest BCUT2D eigenvalue weighted by Gasteiger charge is 2.20. The highest BCUT2D eigenvalue weighted by molar-refractivity contribution is 7.92. The first-order valence-corrected chi connectivity index (χ1v) is 25.7. The number of halogens is 2. The summed E-state index contributed by atoms with van der Waals surface area (Å²) in [7, 11) is -7.33. The van der Waals surface area contributed by atoms with Crippen LogP contribution in [0.3, 0.4) is 0 Å². The molecule has 0 aromatic heterocycles. The number of hydrogen-bond donors (Lipinski definition) is 2. The fourth-order valence-electron chi connectivity index (χ4n) is 7.41. The van der Waals surface area contributed by atoms with Crippen LogP contribution in [-0.4, -0.2) is 76.9 Å². The number of sulfonamides is 2. The molecule has 0 amide bonds. The molecule has 0 aliphatic rings. The monoisotopic (exact) mass is 1000 g/mol. The summed E-state index contributed by atoms with van der Waals surface area (Å²) in [6.07, 6.45) is 5.58. The number of Topliss-reactive ketones (excluding diaryl/α,β-unsaturated/α-hetero) is 2. The number of ether oxygens (including phenoxy) is 2. The maximum Gasteiger partial charge on any atom is 0.229 e. The molecule has 16 heteroatoms. The minimum Gasteiger partial charge on any atom is -0.487 e. The zero-order valence-corrected chi connectivity index (χ0v) is 41.6. The molecule has 0 saturated heterocycles. The number of nitrogens with one attached hydrogen (secondary N) is 2. The zero-order valence-electron chi connectivity index (χ0n) is 38.3. The Morgan fingerprint density at radius 1 is 0.456 bits per heavy atom. The average molecular weight is 1000 g/mol. The molecule has 0 aliphatic carbocycles.